The minimum absolute atomic E-state index is 0.0397. The molecule has 3 atom stereocenters. The number of aromatic nitrogens is 1. The number of aliphatic imine (C=N–C) groups is 2. The highest BCUT2D eigenvalue weighted by Crippen LogP contribution is 2.41. The van der Waals surface area contributed by atoms with Crippen LogP contribution in [0.25, 0.3) is 0 Å². The molecule has 6 rings (SSSR count). The topological polar surface area (TPSA) is 132 Å². The molecule has 0 radical (unpaired) electrons. The highest BCUT2D eigenvalue weighted by molar-refractivity contribution is 6.07. The number of benzene rings is 1. The normalized spacial score (nSPS) is 24.1. The Morgan fingerprint density at radius 3 is 2.82 bits per heavy atom. The number of ether oxygens (including phenoxy) is 2. The van der Waals surface area contributed by atoms with Gasteiger partial charge in [0.05, 0.1) is 24.6 Å². The zero-order chi connectivity index (χ0) is 31.8. The van der Waals surface area contributed by atoms with Gasteiger partial charge in [-0.15, -0.1) is 4.59 Å². The Morgan fingerprint density at radius 2 is 2.02 bits per heavy atom. The molecule has 2 saturated heterocycles. The number of rotatable bonds is 9. The van der Waals surface area contributed by atoms with Crippen molar-refractivity contribution in [2.24, 2.45) is 21.7 Å². The highest BCUT2D eigenvalue weighted by Gasteiger charge is 2.48. The fraction of sp³-hybridized carbons (Fsp3) is 0.387. The lowest BCUT2D eigenvalue weighted by molar-refractivity contribution is -0.750. The number of pyridine rings is 1. The van der Waals surface area contributed by atoms with Crippen molar-refractivity contribution in [3.63, 3.8) is 0 Å². The van der Waals surface area contributed by atoms with E-state index in [2.05, 4.69) is 15.3 Å². The summed E-state index contributed by atoms with van der Waals surface area (Å²) in [6, 6.07) is 6.52. The average Bonchev–Trinajstić information content (AvgIpc) is 3.55. The molecule has 1 aromatic carbocycles. The number of anilines is 1. The van der Waals surface area contributed by atoms with Crippen LogP contribution in [0.5, 0.6) is 5.75 Å². The summed E-state index contributed by atoms with van der Waals surface area (Å²) < 4.78 is 50.8. The Labute approximate surface area is 257 Å². The number of nitrogens with two attached hydrogens (primary N) is 1. The van der Waals surface area contributed by atoms with E-state index in [1.807, 2.05) is 11.8 Å². The van der Waals surface area contributed by atoms with E-state index in [4.69, 9.17) is 20.3 Å². The first kappa shape index (κ1) is 30.6. The van der Waals surface area contributed by atoms with E-state index in [0.717, 1.165) is 43.3 Å². The first-order valence-corrected chi connectivity index (χ1v) is 14.8. The first-order chi connectivity index (χ1) is 21.6. The van der Waals surface area contributed by atoms with Crippen LogP contribution in [0, 0.1) is 5.92 Å². The van der Waals surface area contributed by atoms with E-state index in [-0.39, 0.29) is 52.8 Å². The molecular weight excluding hydrogens is 591 g/mol. The second-order valence-electron chi connectivity index (χ2n) is 11.2. The number of hydrogen-bond donors (Lipinski definition) is 2. The molecule has 4 aliphatic heterocycles. The second-order valence-corrected chi connectivity index (χ2v) is 11.2. The Morgan fingerprint density at radius 1 is 1.18 bits per heavy atom. The van der Waals surface area contributed by atoms with Crippen LogP contribution < -0.4 is 15.9 Å². The van der Waals surface area contributed by atoms with Crippen LogP contribution in [0.2, 0.25) is 0 Å². The van der Waals surface area contributed by atoms with Gasteiger partial charge in [-0.2, -0.15) is 24.0 Å². The number of quaternary nitrogens is 1. The maximum absolute atomic E-state index is 13.2. The minimum Gasteiger partial charge on any atom is -0.490 e. The zero-order valence-electron chi connectivity index (χ0n) is 24.6. The largest absolute Gasteiger partial charge is 0.490 e. The van der Waals surface area contributed by atoms with Crippen molar-refractivity contribution >= 4 is 29.7 Å². The summed E-state index contributed by atoms with van der Waals surface area (Å²) in [7, 11) is 0. The van der Waals surface area contributed by atoms with Crippen molar-refractivity contribution in [2.45, 2.75) is 44.8 Å². The third-order valence-corrected chi connectivity index (χ3v) is 8.43. The third-order valence-electron chi connectivity index (χ3n) is 8.43. The molecule has 5 heterocycles. The van der Waals surface area contributed by atoms with Crippen LogP contribution >= 0.6 is 0 Å². The number of allylic oxidation sites excluding steroid dienone is 1. The number of alkyl halides is 3. The van der Waals surface area contributed by atoms with Crippen LogP contribution in [0.3, 0.4) is 0 Å². The Balaban J connectivity index is 1.33. The fourth-order valence-electron chi connectivity index (χ4n) is 6.16. The number of fused-ring (bicyclic) bond motifs is 2. The monoisotopic (exact) mass is 624 g/mol. The average molecular weight is 625 g/mol. The molecule has 2 aromatic rings. The van der Waals surface area contributed by atoms with Gasteiger partial charge >= 0.3 is 6.18 Å². The Kier molecular flexibility index (Phi) is 8.29. The second kappa shape index (κ2) is 12.2. The molecule has 4 aliphatic rings. The van der Waals surface area contributed by atoms with Gasteiger partial charge in [-0.25, -0.2) is 4.98 Å². The number of nitrogens with one attached hydrogen (secondary N) is 1. The van der Waals surface area contributed by atoms with Crippen molar-refractivity contribution in [2.75, 3.05) is 31.7 Å². The standard InChI is InChI=1S/C31H32F3N7O4/c1-2-44-13-14-45-25-15-19(30(43)38-26-16-21(9-10-37-26)31(32,33)34)4-7-23(25)29-39-28(24-17-36-11-12-41(24,29)35)20-3-5-22-6-8-27(42)40(22)18-20/h4,7,9-12,15-17,20,22H,2-3,5-6,8,13-14,18,35H2,1H3/p+1/t20-,22+,41?/m1/s1. The van der Waals surface area contributed by atoms with E-state index >= 15 is 0 Å². The maximum atomic E-state index is 13.2. The van der Waals surface area contributed by atoms with Crippen LogP contribution in [-0.2, 0) is 15.7 Å². The number of amidine groups is 1. The predicted molar refractivity (Wildman–Crippen MR) is 159 cm³/mol. The molecular formula is C31H33F3N7O4+. The summed E-state index contributed by atoms with van der Waals surface area (Å²) in [4.78, 5) is 40.9. The van der Waals surface area contributed by atoms with E-state index in [1.165, 1.54) is 12.1 Å². The van der Waals surface area contributed by atoms with Gasteiger partial charge in [0, 0.05) is 43.3 Å². The SMILES string of the molecule is CCOCCOc1cc(C(=O)Nc2cc(C(F)(F)F)ccn2)ccc1C1=NC([C@@H]2CC[C@H]3CCC(=O)N3C2)=C2C=NC=C[N+]12N. The quantitative estimate of drug-likeness (QED) is 0.242. The van der Waals surface area contributed by atoms with E-state index in [9.17, 15) is 22.8 Å². The predicted octanol–water partition coefficient (Wildman–Crippen LogP) is 4.39. The fourth-order valence-corrected chi connectivity index (χ4v) is 6.16. The number of nitrogens with zero attached hydrogens (tertiary/aromatic N) is 5. The van der Waals surface area contributed by atoms with Gasteiger partial charge in [0.15, 0.2) is 0 Å². The number of hydrogen-bond acceptors (Lipinski definition) is 8. The Hall–Kier alpha value is -4.40. The first-order valence-electron chi connectivity index (χ1n) is 14.8. The third kappa shape index (κ3) is 6.00. The molecule has 3 N–H and O–H groups in total. The summed E-state index contributed by atoms with van der Waals surface area (Å²) in [5.41, 5.74) is 1.14. The van der Waals surface area contributed by atoms with Gasteiger partial charge in [-0.3, -0.25) is 14.6 Å². The molecule has 45 heavy (non-hydrogen) atoms. The lowest BCUT2D eigenvalue weighted by Gasteiger charge is -2.35. The number of carbonyl (C=O) groups is 2. The van der Waals surface area contributed by atoms with Gasteiger partial charge in [0.25, 0.3) is 11.7 Å². The molecule has 14 heteroatoms. The smallest absolute Gasteiger partial charge is 0.416 e. The van der Waals surface area contributed by atoms with E-state index < -0.39 is 17.6 Å². The molecule has 0 spiro atoms. The maximum Gasteiger partial charge on any atom is 0.416 e. The van der Waals surface area contributed by atoms with Gasteiger partial charge in [0.2, 0.25) is 11.6 Å². The molecule has 1 unspecified atom stereocenters. The van der Waals surface area contributed by atoms with Crippen molar-refractivity contribution < 1.29 is 36.8 Å². The van der Waals surface area contributed by atoms with E-state index in [1.54, 1.807) is 24.7 Å². The van der Waals surface area contributed by atoms with Gasteiger partial charge in [0.1, 0.15) is 35.6 Å². The van der Waals surface area contributed by atoms with Crippen LogP contribution in [0.1, 0.15) is 54.1 Å². The molecule has 0 aliphatic carbocycles. The van der Waals surface area contributed by atoms with E-state index in [0.29, 0.717) is 36.7 Å². The van der Waals surface area contributed by atoms with Gasteiger partial charge < -0.3 is 19.7 Å². The van der Waals surface area contributed by atoms with Crippen LogP contribution in [0.4, 0.5) is 19.0 Å². The molecule has 0 saturated carbocycles. The number of amides is 2. The van der Waals surface area contributed by atoms with Gasteiger partial charge in [-0.05, 0) is 56.5 Å². The molecule has 0 bridgehead atoms. The van der Waals surface area contributed by atoms with Crippen LogP contribution in [-0.4, -0.2) is 70.7 Å². The summed E-state index contributed by atoms with van der Waals surface area (Å²) in [6.07, 6.45) is 4.54. The molecule has 2 fully saturated rings. The molecule has 11 nitrogen and oxygen atoms in total. The van der Waals surface area contributed by atoms with Gasteiger partial charge in [-0.1, -0.05) is 0 Å². The number of carbonyl (C=O) groups excluding carboxylic acids is 2. The van der Waals surface area contributed by atoms with Crippen molar-refractivity contribution in [1.29, 1.82) is 0 Å². The van der Waals surface area contributed by atoms with Crippen LogP contribution in [0.15, 0.2) is 70.3 Å². The Bertz CT molecular complexity index is 1640. The molecule has 236 valence electrons. The van der Waals surface area contributed by atoms with Crippen molar-refractivity contribution in [3.05, 3.63) is 77.0 Å². The summed E-state index contributed by atoms with van der Waals surface area (Å²) in [5.74, 6) is 6.92. The number of halogens is 3. The highest BCUT2D eigenvalue weighted by atomic mass is 19.4. The lowest BCUT2D eigenvalue weighted by atomic mass is 9.90. The summed E-state index contributed by atoms with van der Waals surface area (Å²) >= 11 is 0. The molecule has 2 amide bonds. The van der Waals surface area contributed by atoms with Crippen molar-refractivity contribution in [1.82, 2.24) is 9.88 Å². The zero-order valence-corrected chi connectivity index (χ0v) is 24.6. The molecule has 1 aromatic heterocycles. The number of piperidine rings is 1. The summed E-state index contributed by atoms with van der Waals surface area (Å²) in [5, 5.41) is 2.43. The summed E-state index contributed by atoms with van der Waals surface area (Å²) in [6.45, 7) is 3.34. The minimum atomic E-state index is -4.59. The van der Waals surface area contributed by atoms with Crippen molar-refractivity contribution in [3.8, 4) is 5.75 Å². The lowest BCUT2D eigenvalue weighted by Crippen LogP contribution is -2.53.